The number of carboxylic acid groups (broad SMARTS) is 1. The second-order valence-corrected chi connectivity index (χ2v) is 11.5. The molecule has 9 heteroatoms. The number of nitrogens with zero attached hydrogens (tertiary/aromatic N) is 1. The van der Waals surface area contributed by atoms with Crippen LogP contribution in [0.5, 0.6) is 11.5 Å². The van der Waals surface area contributed by atoms with Crippen molar-refractivity contribution >= 4 is 36.3 Å². The minimum atomic E-state index is -1.06. The number of thioether (sulfide) groups is 1. The van der Waals surface area contributed by atoms with Crippen molar-refractivity contribution in [1.29, 1.82) is 0 Å². The Balaban J connectivity index is 1.57. The van der Waals surface area contributed by atoms with E-state index in [1.165, 1.54) is 22.2 Å². The zero-order valence-electron chi connectivity index (χ0n) is 21.9. The van der Waals surface area contributed by atoms with Crippen LogP contribution in [-0.2, 0) is 20.7 Å². The first kappa shape index (κ1) is 28.9. The molecule has 1 N–H and O–H groups in total. The molecule has 1 amide bonds. The highest BCUT2D eigenvalue weighted by Crippen LogP contribution is 2.38. The van der Waals surface area contributed by atoms with Gasteiger partial charge in [0, 0.05) is 13.0 Å². The van der Waals surface area contributed by atoms with Crippen molar-refractivity contribution in [2.45, 2.75) is 35.3 Å². The zero-order chi connectivity index (χ0) is 27.8. The maximum atomic E-state index is 12.9. The molecule has 7 nitrogen and oxygen atoms in total. The highest BCUT2D eigenvalue weighted by atomic mass is 32.2. The van der Waals surface area contributed by atoms with E-state index in [0.29, 0.717) is 31.1 Å². The van der Waals surface area contributed by atoms with Gasteiger partial charge in [0.15, 0.2) is 11.5 Å². The molecule has 0 aromatic heterocycles. The lowest BCUT2D eigenvalue weighted by Crippen LogP contribution is -2.37. The maximum Gasteiger partial charge on any atom is 0.323 e. The third kappa shape index (κ3) is 7.71. The van der Waals surface area contributed by atoms with Crippen LogP contribution in [0.2, 0.25) is 0 Å². The molecule has 1 aliphatic heterocycles. The zero-order valence-corrected chi connectivity index (χ0v) is 23.6. The van der Waals surface area contributed by atoms with Crippen molar-refractivity contribution in [2.24, 2.45) is 0 Å². The molecule has 4 atom stereocenters. The number of carbonyl (C=O) groups is 2. The number of aliphatic carboxylic acids is 1. The monoisotopic (exact) mass is 567 g/mol. The molecular weight excluding hydrogens is 534 g/mol. The van der Waals surface area contributed by atoms with Gasteiger partial charge in [0.05, 0.1) is 18.5 Å². The number of thiol groups is 1. The van der Waals surface area contributed by atoms with Gasteiger partial charge in [0.2, 0.25) is 5.91 Å². The predicted molar refractivity (Wildman–Crippen MR) is 156 cm³/mol. The third-order valence-corrected chi connectivity index (χ3v) is 8.30. The minimum Gasteiger partial charge on any atom is -0.489 e. The van der Waals surface area contributed by atoms with E-state index in [1.54, 1.807) is 7.11 Å². The highest BCUT2D eigenvalue weighted by Gasteiger charge is 2.39. The van der Waals surface area contributed by atoms with Crippen LogP contribution in [0, 0.1) is 0 Å². The number of carbonyl (C=O) groups excluding carboxylic acids is 1. The minimum absolute atomic E-state index is 0.169. The van der Waals surface area contributed by atoms with E-state index in [-0.39, 0.29) is 24.5 Å². The average molecular weight is 568 g/mol. The lowest BCUT2D eigenvalue weighted by atomic mass is 10.0. The predicted octanol–water partition coefficient (Wildman–Crippen LogP) is 5.42. The molecule has 0 radical (unpaired) electrons. The normalized spacial score (nSPS) is 18.5. The van der Waals surface area contributed by atoms with Gasteiger partial charge in [-0.05, 0) is 35.2 Å². The van der Waals surface area contributed by atoms with Gasteiger partial charge < -0.3 is 24.2 Å². The van der Waals surface area contributed by atoms with Gasteiger partial charge >= 0.3 is 5.97 Å². The van der Waals surface area contributed by atoms with E-state index < -0.39 is 15.9 Å². The van der Waals surface area contributed by atoms with Crippen LogP contribution in [0.25, 0.3) is 0 Å². The Hall–Kier alpha value is -3.14. The average Bonchev–Trinajstić information content (AvgIpc) is 3.20. The van der Waals surface area contributed by atoms with Crippen molar-refractivity contribution in [2.75, 3.05) is 26.9 Å². The molecule has 0 saturated carbocycles. The Bertz CT molecular complexity index is 1240. The van der Waals surface area contributed by atoms with E-state index in [0.717, 1.165) is 11.1 Å². The number of carboxylic acids is 1. The molecular formula is C30H33NO6S2. The van der Waals surface area contributed by atoms with Gasteiger partial charge in [0.1, 0.15) is 17.4 Å². The van der Waals surface area contributed by atoms with Gasteiger partial charge in [-0.1, -0.05) is 73.7 Å². The van der Waals surface area contributed by atoms with Crippen molar-refractivity contribution in [3.8, 4) is 11.5 Å². The molecule has 206 valence electrons. The van der Waals surface area contributed by atoms with E-state index in [2.05, 4.69) is 31.7 Å². The van der Waals surface area contributed by atoms with Gasteiger partial charge in [-0.25, -0.2) is 0 Å². The second-order valence-electron chi connectivity index (χ2n) is 9.39. The quantitative estimate of drug-likeness (QED) is 0.267. The maximum absolute atomic E-state index is 12.9. The first-order valence-corrected chi connectivity index (χ1v) is 14.2. The molecule has 0 spiro atoms. The Kier molecular flexibility index (Phi) is 10.2. The molecule has 1 saturated heterocycles. The van der Waals surface area contributed by atoms with Crippen LogP contribution < -0.4 is 9.47 Å². The first-order chi connectivity index (χ1) is 18.9. The largest absolute Gasteiger partial charge is 0.489 e. The number of benzene rings is 3. The summed E-state index contributed by atoms with van der Waals surface area (Å²) in [5, 5.41) is 8.72. The summed E-state index contributed by atoms with van der Waals surface area (Å²) in [6.45, 7) is 2.55. The van der Waals surface area contributed by atoms with Crippen LogP contribution in [0.1, 0.15) is 35.6 Å². The van der Waals surface area contributed by atoms with E-state index in [9.17, 15) is 9.59 Å². The van der Waals surface area contributed by atoms with Gasteiger partial charge in [0.25, 0.3) is 0 Å². The lowest BCUT2D eigenvalue weighted by Gasteiger charge is -2.22. The van der Waals surface area contributed by atoms with Crippen molar-refractivity contribution in [3.63, 3.8) is 0 Å². The third-order valence-electron chi connectivity index (χ3n) is 6.46. The SMILES string of the molecule is COCC(Oc1cc(CC2SC(S)N(CC(=O)O)C2=O)ccc1OC[C@H](C)c1ccccc1)c1ccccc1. The molecule has 0 bridgehead atoms. The number of ether oxygens (including phenoxy) is 3. The highest BCUT2D eigenvalue weighted by molar-refractivity contribution is 8.11. The molecule has 4 rings (SSSR count). The number of hydrogen-bond acceptors (Lipinski definition) is 7. The van der Waals surface area contributed by atoms with Crippen LogP contribution >= 0.6 is 24.4 Å². The summed E-state index contributed by atoms with van der Waals surface area (Å²) in [6, 6.07) is 25.7. The molecule has 1 fully saturated rings. The second kappa shape index (κ2) is 13.8. The topological polar surface area (TPSA) is 85.3 Å². The fourth-order valence-corrected chi connectivity index (χ4v) is 6.17. The van der Waals surface area contributed by atoms with E-state index in [4.69, 9.17) is 19.3 Å². The van der Waals surface area contributed by atoms with Crippen molar-refractivity contribution in [1.82, 2.24) is 4.90 Å². The first-order valence-electron chi connectivity index (χ1n) is 12.7. The lowest BCUT2D eigenvalue weighted by molar-refractivity contribution is -0.143. The summed E-state index contributed by atoms with van der Waals surface area (Å²) in [7, 11) is 1.63. The Morgan fingerprint density at radius 2 is 1.67 bits per heavy atom. The van der Waals surface area contributed by atoms with Gasteiger partial charge in [-0.3, -0.25) is 9.59 Å². The molecule has 3 aromatic carbocycles. The van der Waals surface area contributed by atoms with Crippen LogP contribution in [0.4, 0.5) is 0 Å². The Labute approximate surface area is 238 Å². The van der Waals surface area contributed by atoms with Gasteiger partial charge in [-0.15, -0.1) is 24.4 Å². The molecule has 39 heavy (non-hydrogen) atoms. The standard InChI is InChI=1S/C30H33NO6S2/c1-20(22-9-5-3-6-10-22)18-36-24-14-13-21(16-27-29(34)31(17-28(32)33)30(38)39-27)15-25(24)37-26(19-35-2)23-11-7-4-8-12-23/h3-15,20,26-27,30,38H,16-19H2,1-2H3,(H,32,33)/t20-,26?,27?,30?/m0/s1. The molecule has 1 aliphatic rings. The summed E-state index contributed by atoms with van der Waals surface area (Å²) in [6.07, 6.45) is 0.0457. The summed E-state index contributed by atoms with van der Waals surface area (Å²) in [5.74, 6) is 0.0317. The van der Waals surface area contributed by atoms with Crippen molar-refractivity contribution in [3.05, 3.63) is 95.6 Å². The Morgan fingerprint density at radius 3 is 2.31 bits per heavy atom. The van der Waals surface area contributed by atoms with E-state index >= 15 is 0 Å². The summed E-state index contributed by atoms with van der Waals surface area (Å²) in [4.78, 5) is 25.4. The Morgan fingerprint density at radius 1 is 1.00 bits per heavy atom. The molecule has 3 unspecified atom stereocenters. The fraction of sp³-hybridized carbons (Fsp3) is 0.333. The number of methoxy groups -OCH3 is 1. The molecule has 0 aliphatic carbocycles. The van der Waals surface area contributed by atoms with Gasteiger partial charge in [-0.2, -0.15) is 0 Å². The number of rotatable bonds is 13. The fourth-order valence-electron chi connectivity index (χ4n) is 4.38. The summed E-state index contributed by atoms with van der Waals surface area (Å²) < 4.78 is 17.7. The van der Waals surface area contributed by atoms with Crippen LogP contribution in [0.15, 0.2) is 78.9 Å². The summed E-state index contributed by atoms with van der Waals surface area (Å²) >= 11 is 5.76. The molecule has 3 aromatic rings. The molecule has 1 heterocycles. The van der Waals surface area contributed by atoms with E-state index in [1.807, 2.05) is 66.7 Å². The smallest absolute Gasteiger partial charge is 0.323 e. The summed E-state index contributed by atoms with van der Waals surface area (Å²) in [5.41, 5.74) is 3.03. The van der Waals surface area contributed by atoms with Crippen LogP contribution in [0.3, 0.4) is 0 Å². The van der Waals surface area contributed by atoms with Crippen LogP contribution in [-0.4, -0.2) is 58.7 Å². The number of amides is 1. The van der Waals surface area contributed by atoms with Crippen molar-refractivity contribution < 1.29 is 28.9 Å². The number of hydrogen-bond donors (Lipinski definition) is 2.